The number of benzene rings is 1. The maximum atomic E-state index is 9.22. The molecule has 0 saturated heterocycles. The summed E-state index contributed by atoms with van der Waals surface area (Å²) < 4.78 is 0. The van der Waals surface area contributed by atoms with Crippen molar-refractivity contribution in [3.05, 3.63) is 35.9 Å². The third-order valence-corrected chi connectivity index (χ3v) is 1.28. The second kappa shape index (κ2) is 7.31. The quantitative estimate of drug-likeness (QED) is 0.702. The van der Waals surface area contributed by atoms with Crippen LogP contribution in [0.3, 0.4) is 0 Å². The molecule has 3 nitrogen and oxygen atoms in total. The predicted octanol–water partition coefficient (Wildman–Crippen LogP) is 0.679. The molecule has 0 spiro atoms. The number of hydrogen-bond donors (Lipinski definition) is 2. The summed E-state index contributed by atoms with van der Waals surface area (Å²) in [5.74, 6) is -0.333. The lowest BCUT2D eigenvalue weighted by atomic mass is 10.2. The van der Waals surface area contributed by atoms with E-state index in [2.05, 4.69) is 17.9 Å². The summed E-state index contributed by atoms with van der Waals surface area (Å²) in [5.41, 5.74) is 11.2. The highest BCUT2D eigenvalue weighted by atomic mass is 16.1. The SMILES string of the molecule is CC(N)=O.NCCc1ccccc1. The van der Waals surface area contributed by atoms with E-state index in [1.54, 1.807) is 0 Å². The van der Waals surface area contributed by atoms with Gasteiger partial charge in [-0.3, -0.25) is 4.79 Å². The summed E-state index contributed by atoms with van der Waals surface area (Å²) in [5, 5.41) is 0. The van der Waals surface area contributed by atoms with E-state index in [4.69, 9.17) is 5.73 Å². The van der Waals surface area contributed by atoms with Gasteiger partial charge in [-0.25, -0.2) is 0 Å². The van der Waals surface area contributed by atoms with Crippen LogP contribution in [0, 0.1) is 0 Å². The van der Waals surface area contributed by atoms with Gasteiger partial charge in [-0.1, -0.05) is 30.3 Å². The number of amides is 1. The molecule has 0 aliphatic carbocycles. The Bertz CT molecular complexity index is 230. The lowest BCUT2D eigenvalue weighted by Gasteiger charge is -1.93. The van der Waals surface area contributed by atoms with Gasteiger partial charge in [-0.2, -0.15) is 0 Å². The topological polar surface area (TPSA) is 69.1 Å². The summed E-state index contributed by atoms with van der Waals surface area (Å²) in [6.07, 6.45) is 0.987. The van der Waals surface area contributed by atoms with E-state index in [0.29, 0.717) is 0 Å². The van der Waals surface area contributed by atoms with Crippen molar-refractivity contribution < 1.29 is 4.79 Å². The van der Waals surface area contributed by atoms with E-state index in [-0.39, 0.29) is 5.91 Å². The summed E-state index contributed by atoms with van der Waals surface area (Å²) in [6.45, 7) is 2.05. The summed E-state index contributed by atoms with van der Waals surface area (Å²) in [6, 6.07) is 10.3. The van der Waals surface area contributed by atoms with Gasteiger partial charge in [-0.15, -0.1) is 0 Å². The Hall–Kier alpha value is -1.35. The summed E-state index contributed by atoms with van der Waals surface area (Å²) in [7, 11) is 0. The molecule has 0 saturated carbocycles. The first-order valence-corrected chi connectivity index (χ1v) is 4.17. The molecule has 1 aromatic rings. The first-order valence-electron chi connectivity index (χ1n) is 4.17. The van der Waals surface area contributed by atoms with Gasteiger partial charge >= 0.3 is 0 Å². The molecule has 1 rings (SSSR count). The van der Waals surface area contributed by atoms with Crippen molar-refractivity contribution in [1.82, 2.24) is 0 Å². The second-order valence-electron chi connectivity index (χ2n) is 2.63. The first kappa shape index (κ1) is 11.6. The van der Waals surface area contributed by atoms with Crippen LogP contribution in [0.15, 0.2) is 30.3 Å². The van der Waals surface area contributed by atoms with Crippen LogP contribution < -0.4 is 11.5 Å². The number of rotatable bonds is 2. The Morgan fingerprint density at radius 2 is 1.77 bits per heavy atom. The van der Waals surface area contributed by atoms with E-state index in [0.717, 1.165) is 13.0 Å². The van der Waals surface area contributed by atoms with E-state index >= 15 is 0 Å². The summed E-state index contributed by atoms with van der Waals surface area (Å²) in [4.78, 5) is 9.22. The highest BCUT2D eigenvalue weighted by Gasteiger charge is 1.84. The van der Waals surface area contributed by atoms with Gasteiger partial charge in [0.1, 0.15) is 0 Å². The predicted molar refractivity (Wildman–Crippen MR) is 54.1 cm³/mol. The van der Waals surface area contributed by atoms with Gasteiger partial charge in [0.2, 0.25) is 5.91 Å². The van der Waals surface area contributed by atoms with E-state index in [9.17, 15) is 4.79 Å². The average molecular weight is 180 g/mol. The Kier molecular flexibility index (Phi) is 6.55. The van der Waals surface area contributed by atoms with Gasteiger partial charge < -0.3 is 11.5 Å². The zero-order valence-electron chi connectivity index (χ0n) is 7.86. The standard InChI is InChI=1S/C8H11N.C2H5NO/c9-7-6-8-4-2-1-3-5-8;1-2(3)4/h1-5H,6-7,9H2;1H3,(H2,3,4). The minimum absolute atomic E-state index is 0.333. The van der Waals surface area contributed by atoms with Crippen LogP contribution in [-0.4, -0.2) is 12.5 Å². The molecule has 0 fully saturated rings. The van der Waals surface area contributed by atoms with Crippen LogP contribution in [-0.2, 0) is 11.2 Å². The molecular formula is C10H16N2O. The van der Waals surface area contributed by atoms with Gasteiger partial charge in [0.05, 0.1) is 0 Å². The Labute approximate surface area is 78.7 Å². The van der Waals surface area contributed by atoms with Crippen LogP contribution in [0.25, 0.3) is 0 Å². The maximum absolute atomic E-state index is 9.22. The zero-order chi connectivity index (χ0) is 10.1. The molecule has 0 atom stereocenters. The minimum atomic E-state index is -0.333. The molecule has 0 radical (unpaired) electrons. The molecule has 1 amide bonds. The molecule has 72 valence electrons. The van der Waals surface area contributed by atoms with Gasteiger partial charge in [-0.05, 0) is 18.5 Å². The van der Waals surface area contributed by atoms with Crippen LogP contribution in [0.5, 0.6) is 0 Å². The van der Waals surface area contributed by atoms with Crippen molar-refractivity contribution in [2.45, 2.75) is 13.3 Å². The van der Waals surface area contributed by atoms with E-state index in [1.165, 1.54) is 12.5 Å². The summed E-state index contributed by atoms with van der Waals surface area (Å²) >= 11 is 0. The van der Waals surface area contributed by atoms with E-state index < -0.39 is 0 Å². The third-order valence-electron chi connectivity index (χ3n) is 1.28. The van der Waals surface area contributed by atoms with E-state index in [1.807, 2.05) is 18.2 Å². The number of hydrogen-bond acceptors (Lipinski definition) is 2. The molecule has 1 aromatic carbocycles. The number of carbonyl (C=O) groups excluding carboxylic acids is 1. The molecule has 0 aliphatic rings. The largest absolute Gasteiger partial charge is 0.370 e. The highest BCUT2D eigenvalue weighted by molar-refractivity contribution is 5.70. The van der Waals surface area contributed by atoms with Gasteiger partial charge in [0.15, 0.2) is 0 Å². The van der Waals surface area contributed by atoms with Gasteiger partial charge in [0.25, 0.3) is 0 Å². The number of nitrogens with two attached hydrogens (primary N) is 2. The molecule has 0 aromatic heterocycles. The van der Waals surface area contributed by atoms with Crippen LogP contribution in [0.1, 0.15) is 12.5 Å². The van der Waals surface area contributed by atoms with Crippen molar-refractivity contribution in [2.75, 3.05) is 6.54 Å². The Balaban J connectivity index is 0.000000310. The minimum Gasteiger partial charge on any atom is -0.370 e. The smallest absolute Gasteiger partial charge is 0.214 e. The lowest BCUT2D eigenvalue weighted by molar-refractivity contribution is -0.115. The van der Waals surface area contributed by atoms with Crippen LogP contribution >= 0.6 is 0 Å². The van der Waals surface area contributed by atoms with Crippen molar-refractivity contribution in [3.8, 4) is 0 Å². The monoisotopic (exact) mass is 180 g/mol. The third kappa shape index (κ3) is 8.56. The Morgan fingerprint density at radius 3 is 2.15 bits per heavy atom. The lowest BCUT2D eigenvalue weighted by Crippen LogP contribution is -2.01. The van der Waals surface area contributed by atoms with Crippen molar-refractivity contribution in [2.24, 2.45) is 11.5 Å². The fourth-order valence-corrected chi connectivity index (χ4v) is 0.811. The molecule has 0 aliphatic heterocycles. The first-order chi connectivity index (χ1) is 6.16. The average Bonchev–Trinajstić information content (AvgIpc) is 2.06. The molecule has 3 heteroatoms. The van der Waals surface area contributed by atoms with Gasteiger partial charge in [0, 0.05) is 6.92 Å². The van der Waals surface area contributed by atoms with Crippen molar-refractivity contribution in [1.29, 1.82) is 0 Å². The molecule has 0 heterocycles. The Morgan fingerprint density at radius 1 is 1.31 bits per heavy atom. The zero-order valence-corrected chi connectivity index (χ0v) is 7.86. The van der Waals surface area contributed by atoms with Crippen LogP contribution in [0.2, 0.25) is 0 Å². The fourth-order valence-electron chi connectivity index (χ4n) is 0.811. The molecule has 0 bridgehead atoms. The molecule has 13 heavy (non-hydrogen) atoms. The fraction of sp³-hybridized carbons (Fsp3) is 0.300. The molecule has 0 unspecified atom stereocenters. The van der Waals surface area contributed by atoms with Crippen LogP contribution in [0.4, 0.5) is 0 Å². The maximum Gasteiger partial charge on any atom is 0.214 e. The van der Waals surface area contributed by atoms with Crippen molar-refractivity contribution in [3.63, 3.8) is 0 Å². The highest BCUT2D eigenvalue weighted by Crippen LogP contribution is 1.96. The van der Waals surface area contributed by atoms with Crippen molar-refractivity contribution >= 4 is 5.91 Å². The second-order valence-corrected chi connectivity index (χ2v) is 2.63. The number of carbonyl (C=O) groups is 1. The normalized spacial score (nSPS) is 8.46. The molecule has 4 N–H and O–H groups in total. The number of primary amides is 1. The molecular weight excluding hydrogens is 164 g/mol.